The molecule has 4 nitrogen and oxygen atoms in total. The summed E-state index contributed by atoms with van der Waals surface area (Å²) in [5.74, 6) is 1.30. The maximum atomic E-state index is 12.5. The monoisotopic (exact) mass is 387 g/mol. The van der Waals surface area contributed by atoms with Gasteiger partial charge in [0, 0.05) is 25.4 Å². The van der Waals surface area contributed by atoms with Crippen LogP contribution in [-0.4, -0.2) is 30.5 Å². The van der Waals surface area contributed by atoms with Gasteiger partial charge in [-0.05, 0) is 49.4 Å². The van der Waals surface area contributed by atoms with Crippen LogP contribution in [0.3, 0.4) is 0 Å². The molecule has 1 aromatic carbocycles. The molecule has 1 aliphatic rings. The molecule has 1 aliphatic carbocycles. The summed E-state index contributed by atoms with van der Waals surface area (Å²) in [5.41, 5.74) is 2.40. The molecule has 0 saturated heterocycles. The highest BCUT2D eigenvalue weighted by atomic mass is 32.1. The van der Waals surface area contributed by atoms with Gasteiger partial charge in [0.05, 0.1) is 15.2 Å². The lowest BCUT2D eigenvalue weighted by Gasteiger charge is -2.31. The van der Waals surface area contributed by atoms with Crippen LogP contribution in [0.1, 0.15) is 68.9 Å². The number of carbonyl (C=O) groups excluding carboxylic acids is 1. The molecule has 3 rings (SSSR count). The number of nitrogens with zero attached hydrogens (tertiary/aromatic N) is 1. The summed E-state index contributed by atoms with van der Waals surface area (Å²) in [6, 6.07) is 6.77. The number of aromatic nitrogens is 1. The van der Waals surface area contributed by atoms with Gasteiger partial charge in [-0.3, -0.25) is 4.79 Å². The fourth-order valence-corrected chi connectivity index (χ4v) is 5.06. The third-order valence-corrected chi connectivity index (χ3v) is 6.76. The lowest BCUT2D eigenvalue weighted by atomic mass is 9.83. The van der Waals surface area contributed by atoms with E-state index in [1.165, 1.54) is 42.4 Å². The van der Waals surface area contributed by atoms with Crippen molar-refractivity contribution in [2.75, 3.05) is 13.6 Å². The summed E-state index contributed by atoms with van der Waals surface area (Å²) in [4.78, 5) is 17.3. The van der Waals surface area contributed by atoms with E-state index in [1.807, 2.05) is 7.05 Å². The van der Waals surface area contributed by atoms with Crippen LogP contribution in [0.5, 0.6) is 0 Å². The minimum absolute atomic E-state index is 0.156. The van der Waals surface area contributed by atoms with Crippen molar-refractivity contribution in [1.82, 2.24) is 15.6 Å². The first kappa shape index (κ1) is 20.3. The first-order valence-corrected chi connectivity index (χ1v) is 11.2. The molecular weight excluding hydrogens is 354 g/mol. The van der Waals surface area contributed by atoms with Crippen molar-refractivity contribution in [2.45, 2.75) is 70.8 Å². The lowest BCUT2D eigenvalue weighted by Crippen LogP contribution is -2.46. The maximum absolute atomic E-state index is 12.5. The fourth-order valence-electron chi connectivity index (χ4n) is 4.05. The molecule has 5 heteroatoms. The molecule has 1 saturated carbocycles. The van der Waals surface area contributed by atoms with Gasteiger partial charge in [-0.15, -0.1) is 11.3 Å². The highest BCUT2D eigenvalue weighted by Gasteiger charge is 2.24. The number of thiazole rings is 1. The second kappa shape index (κ2) is 9.65. The van der Waals surface area contributed by atoms with Gasteiger partial charge in [-0.25, -0.2) is 4.98 Å². The highest BCUT2D eigenvalue weighted by Crippen LogP contribution is 2.28. The number of likely N-dealkylation sites (N-methyl/N-ethyl adjacent to an activating group) is 1. The minimum Gasteiger partial charge on any atom is -0.352 e. The SMILES string of the molecule is CNCC(NC(=O)CCc1nc2ccc(C(C)C)cc2s1)C1CCCCC1. The molecule has 2 N–H and O–H groups in total. The number of amides is 1. The van der Waals surface area contributed by atoms with Crippen LogP contribution >= 0.6 is 11.3 Å². The van der Waals surface area contributed by atoms with Crippen LogP contribution in [0.25, 0.3) is 10.2 Å². The van der Waals surface area contributed by atoms with Crippen LogP contribution in [-0.2, 0) is 11.2 Å². The average Bonchev–Trinajstić information content (AvgIpc) is 3.09. The van der Waals surface area contributed by atoms with Gasteiger partial charge in [-0.2, -0.15) is 0 Å². The first-order valence-electron chi connectivity index (χ1n) is 10.4. The molecule has 0 bridgehead atoms. The number of carbonyl (C=O) groups is 1. The van der Waals surface area contributed by atoms with E-state index in [9.17, 15) is 4.79 Å². The molecule has 1 unspecified atom stereocenters. The largest absolute Gasteiger partial charge is 0.352 e. The molecule has 1 amide bonds. The van der Waals surface area contributed by atoms with E-state index in [4.69, 9.17) is 4.98 Å². The van der Waals surface area contributed by atoms with Gasteiger partial charge in [0.25, 0.3) is 0 Å². The molecule has 1 aromatic heterocycles. The predicted molar refractivity (Wildman–Crippen MR) is 114 cm³/mol. The van der Waals surface area contributed by atoms with Gasteiger partial charge in [-0.1, -0.05) is 39.2 Å². The predicted octanol–water partition coefficient (Wildman–Crippen LogP) is 4.64. The van der Waals surface area contributed by atoms with E-state index in [2.05, 4.69) is 42.7 Å². The van der Waals surface area contributed by atoms with Crippen molar-refractivity contribution in [2.24, 2.45) is 5.92 Å². The van der Waals surface area contributed by atoms with Crippen LogP contribution in [0.4, 0.5) is 0 Å². The minimum atomic E-state index is 0.156. The van der Waals surface area contributed by atoms with Gasteiger partial charge in [0.2, 0.25) is 5.91 Å². The molecule has 0 aliphatic heterocycles. The van der Waals surface area contributed by atoms with E-state index < -0.39 is 0 Å². The maximum Gasteiger partial charge on any atom is 0.220 e. The van der Waals surface area contributed by atoms with E-state index in [0.717, 1.165) is 23.5 Å². The van der Waals surface area contributed by atoms with Gasteiger partial charge in [0.1, 0.15) is 0 Å². The lowest BCUT2D eigenvalue weighted by molar-refractivity contribution is -0.122. The van der Waals surface area contributed by atoms with Crippen LogP contribution in [0, 0.1) is 5.92 Å². The molecule has 1 heterocycles. The highest BCUT2D eigenvalue weighted by molar-refractivity contribution is 7.18. The number of fused-ring (bicyclic) bond motifs is 1. The number of hydrogen-bond donors (Lipinski definition) is 2. The molecular formula is C22H33N3OS. The normalized spacial score (nSPS) is 16.7. The Labute approximate surface area is 167 Å². The van der Waals surface area contributed by atoms with Crippen molar-refractivity contribution < 1.29 is 4.79 Å². The summed E-state index contributed by atoms with van der Waals surface area (Å²) < 4.78 is 1.23. The summed E-state index contributed by atoms with van der Waals surface area (Å²) in [5, 5.41) is 7.60. The zero-order valence-electron chi connectivity index (χ0n) is 16.9. The zero-order valence-corrected chi connectivity index (χ0v) is 17.7. The van der Waals surface area contributed by atoms with Crippen LogP contribution < -0.4 is 10.6 Å². The summed E-state index contributed by atoms with van der Waals surface area (Å²) in [6.07, 6.45) is 7.65. The Bertz CT molecular complexity index is 749. The number of rotatable bonds is 8. The summed E-state index contributed by atoms with van der Waals surface area (Å²) in [7, 11) is 1.97. The van der Waals surface area contributed by atoms with Crippen LogP contribution in [0.15, 0.2) is 18.2 Å². The second-order valence-electron chi connectivity index (χ2n) is 8.12. The molecule has 1 atom stereocenters. The van der Waals surface area contributed by atoms with Crippen molar-refractivity contribution >= 4 is 27.5 Å². The zero-order chi connectivity index (χ0) is 19.2. The topological polar surface area (TPSA) is 54.0 Å². The Morgan fingerprint density at radius 2 is 2.04 bits per heavy atom. The summed E-state index contributed by atoms with van der Waals surface area (Å²) in [6.45, 7) is 5.28. The standard InChI is InChI=1S/C22H33N3OS/c1-15(2)17-9-10-18-20(13-17)27-22(25-18)12-11-21(26)24-19(14-23-3)16-7-5-4-6-8-16/h9-10,13,15-16,19,23H,4-8,11-12,14H2,1-3H3,(H,24,26). The van der Waals surface area contributed by atoms with E-state index in [-0.39, 0.29) is 11.9 Å². The van der Waals surface area contributed by atoms with Gasteiger partial charge < -0.3 is 10.6 Å². The molecule has 0 spiro atoms. The third kappa shape index (κ3) is 5.52. The Morgan fingerprint density at radius 1 is 1.26 bits per heavy atom. The molecule has 1 fully saturated rings. The Hall–Kier alpha value is -1.46. The molecule has 2 aromatic rings. The van der Waals surface area contributed by atoms with E-state index in [1.54, 1.807) is 11.3 Å². The van der Waals surface area contributed by atoms with Crippen LogP contribution in [0.2, 0.25) is 0 Å². The molecule has 148 valence electrons. The fraction of sp³-hybridized carbons (Fsp3) is 0.636. The quantitative estimate of drug-likeness (QED) is 0.694. The van der Waals surface area contributed by atoms with E-state index in [0.29, 0.717) is 18.3 Å². The van der Waals surface area contributed by atoms with Gasteiger partial charge >= 0.3 is 0 Å². The first-order chi connectivity index (χ1) is 13.1. The van der Waals surface area contributed by atoms with E-state index >= 15 is 0 Å². The average molecular weight is 388 g/mol. The number of benzene rings is 1. The smallest absolute Gasteiger partial charge is 0.220 e. The van der Waals surface area contributed by atoms with Crippen molar-refractivity contribution in [3.63, 3.8) is 0 Å². The summed E-state index contributed by atoms with van der Waals surface area (Å²) >= 11 is 1.72. The number of aryl methyl sites for hydroxylation is 1. The second-order valence-corrected chi connectivity index (χ2v) is 9.23. The number of nitrogens with one attached hydrogen (secondary N) is 2. The molecule has 27 heavy (non-hydrogen) atoms. The van der Waals surface area contributed by atoms with Crippen molar-refractivity contribution in [3.05, 3.63) is 28.8 Å². The van der Waals surface area contributed by atoms with Crippen molar-refractivity contribution in [3.8, 4) is 0 Å². The third-order valence-electron chi connectivity index (χ3n) is 5.68. The Kier molecular flexibility index (Phi) is 7.25. The van der Waals surface area contributed by atoms with Gasteiger partial charge in [0.15, 0.2) is 0 Å². The Morgan fingerprint density at radius 3 is 2.74 bits per heavy atom. The Balaban J connectivity index is 1.56. The molecule has 0 radical (unpaired) electrons. The van der Waals surface area contributed by atoms with Crippen molar-refractivity contribution in [1.29, 1.82) is 0 Å². The number of hydrogen-bond acceptors (Lipinski definition) is 4.